The van der Waals surface area contributed by atoms with Crippen LogP contribution in [-0.4, -0.2) is 54.9 Å². The van der Waals surface area contributed by atoms with E-state index in [4.69, 9.17) is 39.5 Å². The van der Waals surface area contributed by atoms with Gasteiger partial charge < -0.3 is 4.74 Å². The fourth-order valence-corrected chi connectivity index (χ4v) is 5.18. The van der Waals surface area contributed by atoms with E-state index in [1.54, 1.807) is 30.3 Å². The summed E-state index contributed by atoms with van der Waals surface area (Å²) >= 11 is 18.0. The average molecular weight is 609 g/mol. The van der Waals surface area contributed by atoms with Crippen molar-refractivity contribution in [1.29, 1.82) is 0 Å². The van der Waals surface area contributed by atoms with Gasteiger partial charge in [-0.1, -0.05) is 65.1 Å². The first kappa shape index (κ1) is 28.8. The van der Waals surface area contributed by atoms with E-state index < -0.39 is 57.7 Å². The molecule has 8 nitrogen and oxygen atoms in total. The van der Waals surface area contributed by atoms with Crippen molar-refractivity contribution in [2.75, 3.05) is 12.0 Å². The molecular formula is C27H20Cl3NO7S. The Labute approximate surface area is 239 Å². The molecule has 0 aliphatic carbocycles. The fourth-order valence-electron chi connectivity index (χ4n) is 4.07. The molecule has 0 bridgehead atoms. The Kier molecular flexibility index (Phi) is 8.46. The van der Waals surface area contributed by atoms with Crippen molar-refractivity contribution in [2.24, 2.45) is 0 Å². The lowest BCUT2D eigenvalue weighted by Gasteiger charge is -2.27. The van der Waals surface area contributed by atoms with E-state index in [2.05, 4.69) is 0 Å². The van der Waals surface area contributed by atoms with E-state index in [0.717, 1.165) is 6.26 Å². The molecule has 3 aromatic carbocycles. The van der Waals surface area contributed by atoms with Crippen LogP contribution in [0.2, 0.25) is 15.1 Å². The summed E-state index contributed by atoms with van der Waals surface area (Å²) in [7, 11) is -3.62. The van der Waals surface area contributed by atoms with E-state index in [1.165, 1.54) is 36.4 Å². The maximum Gasteiger partial charge on any atom is 0.330 e. The monoisotopic (exact) mass is 607 g/mol. The van der Waals surface area contributed by atoms with Crippen LogP contribution in [0, 0.1) is 0 Å². The number of Topliss-reactive ketones (excluding diaryl/α,β-unsaturated/α-hetero) is 1. The Balaban J connectivity index is 1.72. The van der Waals surface area contributed by atoms with Gasteiger partial charge in [0.1, 0.15) is 15.9 Å². The van der Waals surface area contributed by atoms with Crippen molar-refractivity contribution in [3.05, 3.63) is 104 Å². The van der Waals surface area contributed by atoms with Gasteiger partial charge in [0, 0.05) is 22.4 Å². The molecule has 0 aromatic heterocycles. The summed E-state index contributed by atoms with van der Waals surface area (Å²) in [6.07, 6.45) is -0.963. The second-order valence-corrected chi connectivity index (χ2v) is 12.3. The number of ketones is 1. The van der Waals surface area contributed by atoms with Gasteiger partial charge in [0.2, 0.25) is 5.78 Å². The highest BCUT2D eigenvalue weighted by molar-refractivity contribution is 7.90. The van der Waals surface area contributed by atoms with Crippen molar-refractivity contribution >= 4 is 68.2 Å². The Morgan fingerprint density at radius 3 is 1.92 bits per heavy atom. The number of fused-ring (bicyclic) bond motifs is 1. The van der Waals surface area contributed by atoms with Crippen molar-refractivity contribution in [3.63, 3.8) is 0 Å². The van der Waals surface area contributed by atoms with Crippen LogP contribution in [-0.2, 0) is 19.4 Å². The zero-order valence-corrected chi connectivity index (χ0v) is 23.4. The lowest BCUT2D eigenvalue weighted by molar-refractivity contribution is -0.152. The molecule has 202 valence electrons. The molecular weight excluding hydrogens is 589 g/mol. The summed E-state index contributed by atoms with van der Waals surface area (Å²) in [6.45, 7) is 0. The maximum absolute atomic E-state index is 13.6. The normalized spacial score (nSPS) is 14.6. The number of rotatable bonds is 9. The molecule has 12 heteroatoms. The van der Waals surface area contributed by atoms with Crippen LogP contribution < -0.4 is 0 Å². The number of carbonyl (C=O) groups excluding carboxylic acids is 4. The number of esters is 1. The third-order valence-corrected chi connectivity index (χ3v) is 7.96. The first-order valence-electron chi connectivity index (χ1n) is 11.5. The molecule has 1 heterocycles. The van der Waals surface area contributed by atoms with Gasteiger partial charge in [-0.3, -0.25) is 19.3 Å². The van der Waals surface area contributed by atoms with Crippen LogP contribution >= 0.6 is 34.8 Å². The van der Waals surface area contributed by atoms with Gasteiger partial charge in [0.15, 0.2) is 6.10 Å². The summed E-state index contributed by atoms with van der Waals surface area (Å²) in [5.41, 5.74) is 0.333. The fraction of sp³-hybridized carbons (Fsp3) is 0.185. The molecule has 2 amide bonds. The third-order valence-electron chi connectivity index (χ3n) is 6.01. The SMILES string of the molecule is CS(=O)(=O)CC[C@H](C(=O)O[C@H](C(=O)c1ccc(Cl)cc1)c1ccccc1)N1C(=O)c2cc(Cl)c(Cl)cc2C1=O. The predicted molar refractivity (Wildman–Crippen MR) is 146 cm³/mol. The number of halogens is 3. The molecule has 0 radical (unpaired) electrons. The first-order chi connectivity index (χ1) is 18.4. The molecule has 1 aliphatic heterocycles. The second-order valence-electron chi connectivity index (χ2n) is 8.83. The molecule has 0 spiro atoms. The summed E-state index contributed by atoms with van der Waals surface area (Å²) in [6, 6.07) is 14.8. The molecule has 39 heavy (non-hydrogen) atoms. The minimum atomic E-state index is -3.62. The van der Waals surface area contributed by atoms with Gasteiger partial charge in [-0.25, -0.2) is 13.2 Å². The number of hydrogen-bond acceptors (Lipinski definition) is 7. The highest BCUT2D eigenvalue weighted by atomic mass is 35.5. The number of sulfone groups is 1. The number of amides is 2. The lowest BCUT2D eigenvalue weighted by atomic mass is 9.99. The van der Waals surface area contributed by atoms with Gasteiger partial charge in [0.25, 0.3) is 11.8 Å². The molecule has 0 unspecified atom stereocenters. The van der Waals surface area contributed by atoms with Gasteiger partial charge in [-0.15, -0.1) is 0 Å². The molecule has 3 aromatic rings. The molecule has 4 rings (SSSR count). The highest BCUT2D eigenvalue weighted by Crippen LogP contribution is 2.34. The summed E-state index contributed by atoms with van der Waals surface area (Å²) in [4.78, 5) is 54.2. The van der Waals surface area contributed by atoms with Crippen LogP contribution in [0.15, 0.2) is 66.7 Å². The minimum absolute atomic E-state index is 0.0198. The molecule has 0 saturated heterocycles. The Bertz CT molecular complexity index is 1530. The standard InChI is InChI=1S/C27H20Cl3NO7S/c1-39(36,37)12-11-22(31-25(33)18-13-20(29)21(30)14-19(18)26(31)34)27(35)38-24(16-5-3-2-4-6-16)23(32)15-7-9-17(28)10-8-15/h2-10,13-14,22,24H,11-12H2,1H3/t22-,24+/m1/s1. The average Bonchev–Trinajstić information content (AvgIpc) is 3.12. The highest BCUT2D eigenvalue weighted by Gasteiger charge is 2.45. The molecule has 0 fully saturated rings. The number of nitrogens with zero attached hydrogens (tertiary/aromatic N) is 1. The number of ether oxygens (including phenoxy) is 1. The second kappa shape index (κ2) is 11.5. The quantitative estimate of drug-likeness (QED) is 0.186. The third kappa shape index (κ3) is 6.33. The van der Waals surface area contributed by atoms with E-state index in [-0.39, 0.29) is 26.7 Å². The number of benzene rings is 3. The number of hydrogen-bond donors (Lipinski definition) is 0. The van der Waals surface area contributed by atoms with Crippen molar-refractivity contribution in [1.82, 2.24) is 4.90 Å². The van der Waals surface area contributed by atoms with Gasteiger partial charge >= 0.3 is 5.97 Å². The van der Waals surface area contributed by atoms with E-state index >= 15 is 0 Å². The maximum atomic E-state index is 13.6. The Morgan fingerprint density at radius 1 is 0.872 bits per heavy atom. The van der Waals surface area contributed by atoms with Gasteiger partial charge in [-0.2, -0.15) is 0 Å². The van der Waals surface area contributed by atoms with E-state index in [9.17, 15) is 27.6 Å². The Hall–Kier alpha value is -3.24. The minimum Gasteiger partial charge on any atom is -0.447 e. The number of imide groups is 1. The zero-order chi connectivity index (χ0) is 28.5. The van der Waals surface area contributed by atoms with E-state index in [0.29, 0.717) is 15.5 Å². The Morgan fingerprint density at radius 2 is 1.41 bits per heavy atom. The van der Waals surface area contributed by atoms with Crippen LogP contribution in [0.3, 0.4) is 0 Å². The van der Waals surface area contributed by atoms with Crippen molar-refractivity contribution < 1.29 is 32.3 Å². The van der Waals surface area contributed by atoms with Gasteiger partial charge in [0.05, 0.1) is 26.9 Å². The summed E-state index contributed by atoms with van der Waals surface area (Å²) < 4.78 is 29.6. The van der Waals surface area contributed by atoms with Crippen LogP contribution in [0.5, 0.6) is 0 Å². The largest absolute Gasteiger partial charge is 0.447 e. The smallest absolute Gasteiger partial charge is 0.330 e. The van der Waals surface area contributed by atoms with E-state index in [1.807, 2.05) is 0 Å². The first-order valence-corrected chi connectivity index (χ1v) is 14.7. The molecule has 1 aliphatic rings. The van der Waals surface area contributed by atoms with Gasteiger partial charge in [-0.05, 0) is 42.8 Å². The predicted octanol–water partition coefficient (Wildman–Crippen LogP) is 5.21. The summed E-state index contributed by atoms with van der Waals surface area (Å²) in [5, 5.41) is 0.434. The molecule has 0 saturated carbocycles. The molecule has 2 atom stereocenters. The topological polar surface area (TPSA) is 115 Å². The van der Waals surface area contributed by atoms with Crippen LogP contribution in [0.4, 0.5) is 0 Å². The van der Waals surface area contributed by atoms with Crippen LogP contribution in [0.1, 0.15) is 49.2 Å². The zero-order valence-electron chi connectivity index (χ0n) is 20.3. The number of carbonyl (C=O) groups is 4. The van der Waals surface area contributed by atoms with Crippen molar-refractivity contribution in [2.45, 2.75) is 18.6 Å². The molecule has 0 N–H and O–H groups in total. The van der Waals surface area contributed by atoms with Crippen LogP contribution in [0.25, 0.3) is 0 Å². The summed E-state index contributed by atoms with van der Waals surface area (Å²) in [5.74, 6) is -4.01. The van der Waals surface area contributed by atoms with Crippen molar-refractivity contribution in [3.8, 4) is 0 Å². The lowest BCUT2D eigenvalue weighted by Crippen LogP contribution is -2.47.